The molecular formula is C30H26N4O4S. The molecule has 0 fully saturated rings. The number of amides is 1. The summed E-state index contributed by atoms with van der Waals surface area (Å²) in [5.41, 5.74) is 5.12. The maximum Gasteiger partial charge on any atom is 0.262 e. The number of benzene rings is 3. The third kappa shape index (κ3) is 6.39. The van der Waals surface area contributed by atoms with Crippen LogP contribution in [0.1, 0.15) is 11.1 Å². The third-order valence-electron chi connectivity index (χ3n) is 5.97. The minimum absolute atomic E-state index is 0.201. The van der Waals surface area contributed by atoms with E-state index in [1.807, 2.05) is 60.7 Å². The van der Waals surface area contributed by atoms with E-state index in [1.54, 1.807) is 19.2 Å². The van der Waals surface area contributed by atoms with Crippen molar-refractivity contribution >= 4 is 33.7 Å². The molecule has 9 heteroatoms. The van der Waals surface area contributed by atoms with Crippen LogP contribution in [-0.2, 0) is 17.8 Å². The van der Waals surface area contributed by atoms with Gasteiger partial charge in [-0.05, 0) is 41.0 Å². The first-order chi connectivity index (χ1) is 19.1. The lowest BCUT2D eigenvalue weighted by atomic mass is 10.2. The fourth-order valence-corrected chi connectivity index (χ4v) is 4.99. The number of thiophene rings is 1. The van der Waals surface area contributed by atoms with Gasteiger partial charge in [0.25, 0.3) is 11.5 Å². The molecule has 0 atom stereocenters. The van der Waals surface area contributed by atoms with Gasteiger partial charge in [0.15, 0.2) is 11.5 Å². The molecule has 1 N–H and O–H groups in total. The third-order valence-corrected chi connectivity index (χ3v) is 7.06. The normalized spacial score (nSPS) is 11.1. The zero-order chi connectivity index (χ0) is 27.0. The SMILES string of the molecule is COc1cc(/C=N/NC(=O)Cn2cnc3sc(-c4ccccc4)cc3c2=O)ccc1OCCc1ccccc1. The topological polar surface area (TPSA) is 94.8 Å². The molecule has 3 aromatic carbocycles. The van der Waals surface area contributed by atoms with Crippen LogP contribution in [0.15, 0.2) is 101 Å². The molecule has 0 aliphatic heterocycles. The van der Waals surface area contributed by atoms with Crippen LogP contribution >= 0.6 is 11.3 Å². The second-order valence-electron chi connectivity index (χ2n) is 8.66. The Hall–Kier alpha value is -4.76. The molecule has 5 rings (SSSR count). The fourth-order valence-electron chi connectivity index (χ4n) is 3.99. The second kappa shape index (κ2) is 12.2. The highest BCUT2D eigenvalue weighted by atomic mass is 32.1. The van der Waals surface area contributed by atoms with Gasteiger partial charge in [-0.25, -0.2) is 10.4 Å². The van der Waals surface area contributed by atoms with E-state index in [2.05, 4.69) is 27.6 Å². The highest BCUT2D eigenvalue weighted by Gasteiger charge is 2.12. The first-order valence-electron chi connectivity index (χ1n) is 12.3. The number of aromatic nitrogens is 2. The Balaban J connectivity index is 1.19. The van der Waals surface area contributed by atoms with E-state index >= 15 is 0 Å². The van der Waals surface area contributed by atoms with E-state index in [0.29, 0.717) is 28.3 Å². The predicted molar refractivity (Wildman–Crippen MR) is 154 cm³/mol. The fraction of sp³-hybridized carbons (Fsp3) is 0.133. The van der Waals surface area contributed by atoms with Crippen molar-refractivity contribution in [1.29, 1.82) is 0 Å². The number of methoxy groups -OCH3 is 1. The van der Waals surface area contributed by atoms with Crippen LogP contribution in [0.3, 0.4) is 0 Å². The standard InChI is InChI=1S/C30H26N4O4S/c1-37-26-16-22(12-13-25(26)38-15-14-21-8-4-2-5-9-21)18-32-33-28(35)19-34-20-31-29-24(30(34)36)17-27(39-29)23-10-6-3-7-11-23/h2-13,16-18,20H,14-15,19H2,1H3,(H,33,35)/b32-18+. The minimum atomic E-state index is -0.444. The molecule has 0 saturated heterocycles. The number of hydrazone groups is 1. The van der Waals surface area contributed by atoms with E-state index in [4.69, 9.17) is 9.47 Å². The summed E-state index contributed by atoms with van der Waals surface area (Å²) in [5.74, 6) is 0.747. The lowest BCUT2D eigenvalue weighted by Crippen LogP contribution is -2.29. The average Bonchev–Trinajstić information content (AvgIpc) is 3.41. The molecule has 0 aliphatic carbocycles. The summed E-state index contributed by atoms with van der Waals surface area (Å²) in [4.78, 5) is 31.4. The Bertz CT molecular complexity index is 1660. The van der Waals surface area contributed by atoms with Gasteiger partial charge in [-0.2, -0.15) is 5.10 Å². The Morgan fingerprint density at radius 3 is 2.56 bits per heavy atom. The van der Waals surface area contributed by atoms with Gasteiger partial charge < -0.3 is 9.47 Å². The molecule has 8 nitrogen and oxygen atoms in total. The summed E-state index contributed by atoms with van der Waals surface area (Å²) in [6.07, 6.45) is 3.68. The van der Waals surface area contributed by atoms with Crippen molar-refractivity contribution < 1.29 is 14.3 Å². The summed E-state index contributed by atoms with van der Waals surface area (Å²) in [6.45, 7) is 0.315. The zero-order valence-electron chi connectivity index (χ0n) is 21.2. The number of hydrogen-bond acceptors (Lipinski definition) is 7. The van der Waals surface area contributed by atoms with Gasteiger partial charge >= 0.3 is 0 Å². The van der Waals surface area contributed by atoms with Crippen LogP contribution in [0.2, 0.25) is 0 Å². The highest BCUT2D eigenvalue weighted by molar-refractivity contribution is 7.21. The predicted octanol–water partition coefficient (Wildman–Crippen LogP) is 4.91. The minimum Gasteiger partial charge on any atom is -0.493 e. The number of nitrogens with zero attached hydrogens (tertiary/aromatic N) is 3. The Kier molecular flexibility index (Phi) is 8.09. The molecule has 0 radical (unpaired) electrons. The van der Waals surface area contributed by atoms with Crippen molar-refractivity contribution in [2.45, 2.75) is 13.0 Å². The molecule has 0 spiro atoms. The summed E-state index contributed by atoms with van der Waals surface area (Å²) >= 11 is 1.44. The van der Waals surface area contributed by atoms with E-state index in [1.165, 1.54) is 34.0 Å². The van der Waals surface area contributed by atoms with Crippen molar-refractivity contribution in [3.8, 4) is 21.9 Å². The van der Waals surface area contributed by atoms with E-state index < -0.39 is 5.91 Å². The van der Waals surface area contributed by atoms with Gasteiger partial charge in [-0.1, -0.05) is 60.7 Å². The monoisotopic (exact) mass is 538 g/mol. The van der Waals surface area contributed by atoms with Gasteiger partial charge in [0.05, 0.1) is 31.6 Å². The molecule has 5 aromatic rings. The number of hydrogen-bond donors (Lipinski definition) is 1. The van der Waals surface area contributed by atoms with Crippen LogP contribution in [0, 0.1) is 0 Å². The Morgan fingerprint density at radius 1 is 1.03 bits per heavy atom. The van der Waals surface area contributed by atoms with Crippen molar-refractivity contribution in [2.75, 3.05) is 13.7 Å². The second-order valence-corrected chi connectivity index (χ2v) is 9.69. The number of carbonyl (C=O) groups is 1. The molecular weight excluding hydrogens is 512 g/mol. The average molecular weight is 539 g/mol. The van der Waals surface area contributed by atoms with E-state index in [-0.39, 0.29) is 12.1 Å². The van der Waals surface area contributed by atoms with Crippen LogP contribution < -0.4 is 20.5 Å². The van der Waals surface area contributed by atoms with E-state index in [0.717, 1.165) is 22.4 Å². The largest absolute Gasteiger partial charge is 0.493 e. The number of rotatable bonds is 10. The first kappa shape index (κ1) is 25.9. The highest BCUT2D eigenvalue weighted by Crippen LogP contribution is 2.30. The maximum absolute atomic E-state index is 12.9. The van der Waals surface area contributed by atoms with E-state index in [9.17, 15) is 9.59 Å². The van der Waals surface area contributed by atoms with Gasteiger partial charge in [-0.3, -0.25) is 14.2 Å². The van der Waals surface area contributed by atoms with Crippen molar-refractivity contribution in [3.63, 3.8) is 0 Å². The summed E-state index contributed by atoms with van der Waals surface area (Å²) in [7, 11) is 1.57. The summed E-state index contributed by atoms with van der Waals surface area (Å²) < 4.78 is 12.6. The van der Waals surface area contributed by atoms with Crippen molar-refractivity contribution in [3.05, 3.63) is 113 Å². The van der Waals surface area contributed by atoms with Crippen LogP contribution in [-0.4, -0.2) is 35.4 Å². The molecule has 0 bridgehead atoms. The molecule has 2 aromatic heterocycles. The Labute approximate surface area is 229 Å². The quantitative estimate of drug-likeness (QED) is 0.202. The first-order valence-corrected chi connectivity index (χ1v) is 13.1. The van der Waals surface area contributed by atoms with Crippen LogP contribution in [0.5, 0.6) is 11.5 Å². The van der Waals surface area contributed by atoms with Gasteiger partial charge in [-0.15, -0.1) is 11.3 Å². The molecule has 0 unspecified atom stereocenters. The van der Waals surface area contributed by atoms with Crippen LogP contribution in [0.4, 0.5) is 0 Å². The lowest BCUT2D eigenvalue weighted by Gasteiger charge is -2.11. The molecule has 2 heterocycles. The van der Waals surface area contributed by atoms with Gasteiger partial charge in [0, 0.05) is 11.3 Å². The number of carbonyl (C=O) groups excluding carboxylic acids is 1. The smallest absolute Gasteiger partial charge is 0.262 e. The molecule has 196 valence electrons. The molecule has 0 aliphatic rings. The number of nitrogens with one attached hydrogen (secondary N) is 1. The molecule has 39 heavy (non-hydrogen) atoms. The summed E-state index contributed by atoms with van der Waals surface area (Å²) in [5, 5.41) is 4.51. The molecule has 1 amide bonds. The lowest BCUT2D eigenvalue weighted by molar-refractivity contribution is -0.121. The summed E-state index contributed by atoms with van der Waals surface area (Å²) in [6, 6.07) is 27.1. The number of fused-ring (bicyclic) bond motifs is 1. The Morgan fingerprint density at radius 2 is 1.79 bits per heavy atom. The number of ether oxygens (including phenoxy) is 2. The van der Waals surface area contributed by atoms with Crippen molar-refractivity contribution in [2.24, 2.45) is 5.10 Å². The van der Waals surface area contributed by atoms with Crippen LogP contribution in [0.25, 0.3) is 20.7 Å². The van der Waals surface area contributed by atoms with Gasteiger partial charge in [0.2, 0.25) is 0 Å². The van der Waals surface area contributed by atoms with Crippen molar-refractivity contribution in [1.82, 2.24) is 15.0 Å². The van der Waals surface area contributed by atoms with Gasteiger partial charge in [0.1, 0.15) is 11.4 Å². The molecule has 0 saturated carbocycles. The maximum atomic E-state index is 12.9. The zero-order valence-corrected chi connectivity index (χ0v) is 22.1.